The molecule has 3 aromatic rings. The Balaban J connectivity index is 2.08. The molecule has 144 valence electrons. The van der Waals surface area contributed by atoms with E-state index in [0.717, 1.165) is 10.7 Å². The molecule has 28 heavy (non-hydrogen) atoms. The van der Waals surface area contributed by atoms with Crippen molar-refractivity contribution < 1.29 is 22.9 Å². The maximum Gasteiger partial charge on any atom is 0.435 e. The largest absolute Gasteiger partial charge is 0.435 e. The number of hydrogen-bond donors (Lipinski definition) is 2. The Labute approximate surface area is 155 Å². The van der Waals surface area contributed by atoms with Gasteiger partial charge < -0.3 is 11.1 Å². The summed E-state index contributed by atoms with van der Waals surface area (Å²) in [7, 11) is 0. The SMILES string of the molecule is NC(=O)Nc1ccc(-n2nc(C(F)(F)F)cc2-c2ccc([N+](=O)[O-])cc2)cc1. The molecule has 8 nitrogen and oxygen atoms in total. The van der Waals surface area contributed by atoms with Crippen LogP contribution in [-0.4, -0.2) is 20.7 Å². The number of benzene rings is 2. The summed E-state index contributed by atoms with van der Waals surface area (Å²) in [6.07, 6.45) is -4.67. The van der Waals surface area contributed by atoms with Gasteiger partial charge in [-0.3, -0.25) is 10.1 Å². The minimum absolute atomic E-state index is 0.0952. The number of aromatic nitrogens is 2. The minimum Gasteiger partial charge on any atom is -0.351 e. The Kier molecular flexibility index (Phi) is 4.74. The van der Waals surface area contributed by atoms with Gasteiger partial charge in [0.15, 0.2) is 5.69 Å². The van der Waals surface area contributed by atoms with Gasteiger partial charge in [-0.2, -0.15) is 18.3 Å². The summed E-state index contributed by atoms with van der Waals surface area (Å²) in [6.45, 7) is 0. The number of nitrogens with one attached hydrogen (secondary N) is 1. The molecule has 1 aromatic heterocycles. The maximum atomic E-state index is 13.2. The maximum absolute atomic E-state index is 13.2. The number of nitrogens with two attached hydrogens (primary N) is 1. The van der Waals surface area contributed by atoms with Crippen LogP contribution in [0.4, 0.5) is 29.3 Å². The molecule has 1 heterocycles. The van der Waals surface area contributed by atoms with Crippen molar-refractivity contribution in [3.05, 3.63) is 70.4 Å². The van der Waals surface area contributed by atoms with Crippen molar-refractivity contribution in [3.8, 4) is 16.9 Å². The number of carbonyl (C=O) groups is 1. The number of nitro benzene ring substituents is 1. The van der Waals surface area contributed by atoms with Crippen molar-refractivity contribution in [2.45, 2.75) is 6.18 Å². The molecule has 0 atom stereocenters. The number of amides is 2. The van der Waals surface area contributed by atoms with Gasteiger partial charge in [0.2, 0.25) is 0 Å². The fraction of sp³-hybridized carbons (Fsp3) is 0.0588. The Morgan fingerprint density at radius 2 is 1.71 bits per heavy atom. The zero-order chi connectivity index (χ0) is 20.5. The fourth-order valence-corrected chi connectivity index (χ4v) is 2.50. The second-order valence-corrected chi connectivity index (χ2v) is 5.66. The molecule has 3 rings (SSSR count). The van der Waals surface area contributed by atoms with Crippen LogP contribution in [0.15, 0.2) is 54.6 Å². The Bertz CT molecular complexity index is 1030. The normalized spacial score (nSPS) is 11.2. The van der Waals surface area contributed by atoms with Crippen molar-refractivity contribution in [3.63, 3.8) is 0 Å². The van der Waals surface area contributed by atoms with E-state index in [1.807, 2.05) is 0 Å². The van der Waals surface area contributed by atoms with Crippen LogP contribution in [0, 0.1) is 10.1 Å². The lowest BCUT2D eigenvalue weighted by Crippen LogP contribution is -2.19. The average Bonchev–Trinajstić information content (AvgIpc) is 3.07. The Morgan fingerprint density at radius 3 is 2.21 bits per heavy atom. The van der Waals surface area contributed by atoms with Crippen molar-refractivity contribution in [2.75, 3.05) is 5.32 Å². The molecule has 0 aliphatic heterocycles. The van der Waals surface area contributed by atoms with E-state index in [0.29, 0.717) is 16.9 Å². The molecule has 0 aliphatic carbocycles. The van der Waals surface area contributed by atoms with Gasteiger partial charge in [0.05, 0.1) is 16.3 Å². The summed E-state index contributed by atoms with van der Waals surface area (Å²) in [4.78, 5) is 21.0. The number of primary amides is 1. The highest BCUT2D eigenvalue weighted by Gasteiger charge is 2.35. The summed E-state index contributed by atoms with van der Waals surface area (Å²) in [6, 6.07) is 11.0. The number of non-ortho nitro benzene ring substituents is 1. The van der Waals surface area contributed by atoms with Crippen LogP contribution in [0.25, 0.3) is 16.9 Å². The summed E-state index contributed by atoms with van der Waals surface area (Å²) in [5.41, 5.74) is 4.78. The van der Waals surface area contributed by atoms with Crippen LogP contribution >= 0.6 is 0 Å². The number of rotatable bonds is 4. The van der Waals surface area contributed by atoms with E-state index >= 15 is 0 Å². The standard InChI is InChI=1S/C17H12F3N5O3/c18-17(19,20)15-9-14(10-1-5-13(6-2-10)25(27)28)24(23-15)12-7-3-11(4-8-12)22-16(21)26/h1-9H,(H3,21,22,26). The molecule has 2 aromatic carbocycles. The number of urea groups is 1. The lowest BCUT2D eigenvalue weighted by Gasteiger charge is -2.09. The number of nitrogens with zero attached hydrogens (tertiary/aromatic N) is 3. The smallest absolute Gasteiger partial charge is 0.351 e. The van der Waals surface area contributed by atoms with Crippen molar-refractivity contribution in [1.82, 2.24) is 9.78 Å². The van der Waals surface area contributed by atoms with Gasteiger partial charge in [-0.05, 0) is 42.5 Å². The van der Waals surface area contributed by atoms with Gasteiger partial charge in [-0.1, -0.05) is 0 Å². The van der Waals surface area contributed by atoms with Crippen LogP contribution in [-0.2, 0) is 6.18 Å². The van der Waals surface area contributed by atoms with Gasteiger partial charge in [-0.25, -0.2) is 9.48 Å². The van der Waals surface area contributed by atoms with Gasteiger partial charge >= 0.3 is 12.2 Å². The zero-order valence-electron chi connectivity index (χ0n) is 14.0. The third kappa shape index (κ3) is 3.92. The molecule has 0 aliphatic rings. The van der Waals surface area contributed by atoms with Crippen LogP contribution in [0.1, 0.15) is 5.69 Å². The molecule has 0 saturated carbocycles. The average molecular weight is 391 g/mol. The van der Waals surface area contributed by atoms with Crippen LogP contribution in [0.3, 0.4) is 0 Å². The molecule has 2 amide bonds. The summed E-state index contributed by atoms with van der Waals surface area (Å²) >= 11 is 0. The van der Waals surface area contributed by atoms with E-state index in [1.54, 1.807) is 0 Å². The first-order valence-electron chi connectivity index (χ1n) is 7.74. The molecule has 0 bridgehead atoms. The van der Waals surface area contributed by atoms with E-state index in [4.69, 9.17) is 5.73 Å². The number of nitro groups is 1. The van der Waals surface area contributed by atoms with Crippen molar-refractivity contribution in [2.24, 2.45) is 5.73 Å². The molecule has 11 heteroatoms. The van der Waals surface area contributed by atoms with E-state index in [1.165, 1.54) is 48.5 Å². The van der Waals surface area contributed by atoms with Gasteiger partial charge in [0.25, 0.3) is 5.69 Å². The molecule has 0 unspecified atom stereocenters. The third-order valence-electron chi connectivity index (χ3n) is 3.75. The molecular formula is C17H12F3N5O3. The number of carbonyl (C=O) groups excluding carboxylic acids is 1. The first-order chi connectivity index (χ1) is 13.1. The summed E-state index contributed by atoms with van der Waals surface area (Å²) in [5.74, 6) is 0. The molecule has 0 saturated heterocycles. The molecule has 3 N–H and O–H groups in total. The minimum atomic E-state index is -4.67. The van der Waals surface area contributed by atoms with E-state index in [9.17, 15) is 28.1 Å². The molecule has 0 spiro atoms. The first kappa shape index (κ1) is 18.9. The van der Waals surface area contributed by atoms with Gasteiger partial charge in [0, 0.05) is 23.4 Å². The van der Waals surface area contributed by atoms with Crippen molar-refractivity contribution >= 4 is 17.4 Å². The predicted octanol–water partition coefficient (Wildman–Crippen LogP) is 3.96. The van der Waals surface area contributed by atoms with E-state index in [-0.39, 0.29) is 11.4 Å². The van der Waals surface area contributed by atoms with Crippen LogP contribution in [0.2, 0.25) is 0 Å². The quantitative estimate of drug-likeness (QED) is 0.517. The molecule has 0 fully saturated rings. The second kappa shape index (κ2) is 7.02. The second-order valence-electron chi connectivity index (χ2n) is 5.66. The topological polar surface area (TPSA) is 116 Å². The predicted molar refractivity (Wildman–Crippen MR) is 93.9 cm³/mol. The highest BCUT2D eigenvalue weighted by Crippen LogP contribution is 2.33. The van der Waals surface area contributed by atoms with E-state index in [2.05, 4.69) is 10.4 Å². The number of alkyl halides is 3. The summed E-state index contributed by atoms with van der Waals surface area (Å²) in [5, 5.41) is 16.7. The highest BCUT2D eigenvalue weighted by atomic mass is 19.4. The molecule has 0 radical (unpaired) electrons. The summed E-state index contributed by atoms with van der Waals surface area (Å²) < 4.78 is 40.6. The van der Waals surface area contributed by atoms with Gasteiger partial charge in [-0.15, -0.1) is 0 Å². The number of anilines is 1. The monoisotopic (exact) mass is 391 g/mol. The lowest BCUT2D eigenvalue weighted by atomic mass is 10.1. The van der Waals surface area contributed by atoms with E-state index < -0.39 is 22.8 Å². The molecular weight excluding hydrogens is 379 g/mol. The lowest BCUT2D eigenvalue weighted by molar-refractivity contribution is -0.384. The van der Waals surface area contributed by atoms with Crippen LogP contribution < -0.4 is 11.1 Å². The highest BCUT2D eigenvalue weighted by molar-refractivity contribution is 5.87. The van der Waals surface area contributed by atoms with Gasteiger partial charge in [0.1, 0.15) is 0 Å². The fourth-order valence-electron chi connectivity index (χ4n) is 2.50. The number of halogens is 3. The first-order valence-corrected chi connectivity index (χ1v) is 7.74. The Morgan fingerprint density at radius 1 is 1.11 bits per heavy atom. The Hall–Kier alpha value is -3.89. The van der Waals surface area contributed by atoms with Crippen molar-refractivity contribution in [1.29, 1.82) is 0 Å². The third-order valence-corrected chi connectivity index (χ3v) is 3.75. The van der Waals surface area contributed by atoms with Crippen LogP contribution in [0.5, 0.6) is 0 Å². The number of hydrogen-bond acceptors (Lipinski definition) is 4. The zero-order valence-corrected chi connectivity index (χ0v) is 14.0.